The number of amides is 2. The average molecular weight is 461 g/mol. The summed E-state index contributed by atoms with van der Waals surface area (Å²) in [5, 5.41) is 22.2. The minimum Gasteiger partial charge on any atom is -0.391 e. The lowest BCUT2D eigenvalue weighted by Crippen LogP contribution is -2.66. The maximum absolute atomic E-state index is 13.8. The van der Waals surface area contributed by atoms with Crippen molar-refractivity contribution in [1.82, 2.24) is 30.1 Å². The molecule has 0 aromatic carbocycles. The van der Waals surface area contributed by atoms with Crippen molar-refractivity contribution in [2.24, 2.45) is 10.8 Å². The van der Waals surface area contributed by atoms with Crippen molar-refractivity contribution in [3.8, 4) is 0 Å². The second kappa shape index (κ2) is 8.34. The molecule has 0 spiro atoms. The number of carbonyl (C=O) groups excluding carboxylic acids is 2. The van der Waals surface area contributed by atoms with Crippen molar-refractivity contribution < 1.29 is 14.7 Å². The van der Waals surface area contributed by atoms with E-state index in [1.165, 1.54) is 0 Å². The van der Waals surface area contributed by atoms with Crippen molar-refractivity contribution in [3.05, 3.63) is 11.9 Å². The fourth-order valence-electron chi connectivity index (χ4n) is 5.62. The van der Waals surface area contributed by atoms with Crippen molar-refractivity contribution in [1.29, 1.82) is 0 Å². The number of hydrogen-bond donors (Lipinski definition) is 2. The second-order valence-corrected chi connectivity index (χ2v) is 12.2. The van der Waals surface area contributed by atoms with Crippen molar-refractivity contribution in [2.45, 2.75) is 96.5 Å². The van der Waals surface area contributed by atoms with Gasteiger partial charge in [0.1, 0.15) is 12.1 Å². The van der Waals surface area contributed by atoms with Crippen LogP contribution in [-0.4, -0.2) is 86.6 Å². The van der Waals surface area contributed by atoms with E-state index in [9.17, 15) is 14.7 Å². The highest BCUT2D eigenvalue weighted by molar-refractivity contribution is 5.90. The molecule has 1 saturated heterocycles. The summed E-state index contributed by atoms with van der Waals surface area (Å²) in [6.07, 6.45) is 4.52. The van der Waals surface area contributed by atoms with Crippen LogP contribution < -0.4 is 5.32 Å². The van der Waals surface area contributed by atoms with E-state index in [4.69, 9.17) is 0 Å². The number of likely N-dealkylation sites (tertiary alicyclic amines) is 1. The van der Waals surface area contributed by atoms with Gasteiger partial charge in [0.15, 0.2) is 0 Å². The third-order valence-electron chi connectivity index (χ3n) is 7.86. The molecule has 9 nitrogen and oxygen atoms in total. The average Bonchev–Trinajstić information content (AvgIpc) is 3.31. The molecule has 2 amide bonds. The van der Waals surface area contributed by atoms with E-state index >= 15 is 0 Å². The molecule has 4 unspecified atom stereocenters. The van der Waals surface area contributed by atoms with Crippen molar-refractivity contribution >= 4 is 11.8 Å². The molecule has 3 fully saturated rings. The van der Waals surface area contributed by atoms with Gasteiger partial charge in [-0.2, -0.15) is 0 Å². The number of hydrogen-bond acceptors (Lipinski definition) is 6. The number of nitrogens with zero attached hydrogens (tertiary/aromatic N) is 5. The quantitative estimate of drug-likeness (QED) is 0.668. The number of aromatic nitrogens is 3. The molecule has 2 saturated carbocycles. The zero-order valence-electron chi connectivity index (χ0n) is 21.1. The van der Waals surface area contributed by atoms with Gasteiger partial charge in [0.2, 0.25) is 11.8 Å². The van der Waals surface area contributed by atoms with Crippen LogP contribution in [0.25, 0.3) is 0 Å². The Morgan fingerprint density at radius 2 is 1.91 bits per heavy atom. The zero-order chi connectivity index (χ0) is 24.3. The number of aliphatic hydroxyl groups excluding tert-OH is 1. The van der Waals surface area contributed by atoms with Crippen LogP contribution in [0.4, 0.5) is 0 Å². The maximum Gasteiger partial charge on any atom is 0.248 e. The molecule has 9 heteroatoms. The van der Waals surface area contributed by atoms with Crippen LogP contribution in [0.2, 0.25) is 0 Å². The van der Waals surface area contributed by atoms with E-state index in [2.05, 4.69) is 48.5 Å². The predicted molar refractivity (Wildman–Crippen MR) is 124 cm³/mol. The first kappa shape index (κ1) is 24.1. The summed E-state index contributed by atoms with van der Waals surface area (Å²) >= 11 is 0. The van der Waals surface area contributed by atoms with Crippen LogP contribution in [0.15, 0.2) is 6.20 Å². The van der Waals surface area contributed by atoms with Gasteiger partial charge in [0.05, 0.1) is 11.8 Å². The monoisotopic (exact) mass is 460 g/mol. The van der Waals surface area contributed by atoms with Gasteiger partial charge in [-0.05, 0) is 38.8 Å². The summed E-state index contributed by atoms with van der Waals surface area (Å²) in [5.41, 5.74) is 0.434. The topological polar surface area (TPSA) is 104 Å². The third kappa shape index (κ3) is 4.54. The predicted octanol–water partition coefficient (Wildman–Crippen LogP) is 1.55. The lowest BCUT2D eigenvalue weighted by Gasteiger charge is -2.55. The first-order valence-electron chi connectivity index (χ1n) is 12.2. The molecule has 2 heterocycles. The van der Waals surface area contributed by atoms with Crippen LogP contribution in [0.5, 0.6) is 0 Å². The van der Waals surface area contributed by atoms with Crippen LogP contribution in [0, 0.1) is 10.8 Å². The smallest absolute Gasteiger partial charge is 0.248 e. The fraction of sp³-hybridized carbons (Fsp3) is 0.833. The Morgan fingerprint density at radius 3 is 2.45 bits per heavy atom. The molecule has 0 bridgehead atoms. The summed E-state index contributed by atoms with van der Waals surface area (Å²) in [6.45, 7) is 10.5. The summed E-state index contributed by atoms with van der Waals surface area (Å²) in [5.74, 6) is 0.0732. The van der Waals surface area contributed by atoms with Gasteiger partial charge >= 0.3 is 0 Å². The van der Waals surface area contributed by atoms with Gasteiger partial charge in [-0.1, -0.05) is 39.8 Å². The molecule has 1 aromatic heterocycles. The highest BCUT2D eigenvalue weighted by atomic mass is 16.3. The van der Waals surface area contributed by atoms with E-state index in [0.29, 0.717) is 12.0 Å². The lowest BCUT2D eigenvalue weighted by molar-refractivity contribution is -0.145. The number of nitrogens with one attached hydrogen (secondary N) is 1. The summed E-state index contributed by atoms with van der Waals surface area (Å²) < 4.78 is 1.66. The Kier molecular flexibility index (Phi) is 6.10. The molecule has 2 aliphatic carbocycles. The highest BCUT2D eigenvalue weighted by Crippen LogP contribution is 2.43. The van der Waals surface area contributed by atoms with Gasteiger partial charge in [-0.15, -0.1) is 5.10 Å². The van der Waals surface area contributed by atoms with E-state index in [-0.39, 0.29) is 36.2 Å². The van der Waals surface area contributed by atoms with E-state index in [0.717, 1.165) is 25.0 Å². The molecule has 33 heavy (non-hydrogen) atoms. The number of rotatable bonds is 6. The minimum absolute atomic E-state index is 0.0434. The molecule has 184 valence electrons. The van der Waals surface area contributed by atoms with Crippen molar-refractivity contribution in [3.63, 3.8) is 0 Å². The Bertz CT molecular complexity index is 900. The van der Waals surface area contributed by atoms with E-state index in [1.54, 1.807) is 9.58 Å². The van der Waals surface area contributed by atoms with Gasteiger partial charge in [0.25, 0.3) is 0 Å². The third-order valence-corrected chi connectivity index (χ3v) is 7.86. The SMILES string of the molecule is CN(C)C1CC(NC(=O)C2CC(O)CN2C(=O)[C@H](n2cc(C3CC3)nn2)C(C)(C)C)C1(C)C. The molecule has 4 rings (SSSR count). The van der Waals surface area contributed by atoms with Crippen molar-refractivity contribution in [2.75, 3.05) is 20.6 Å². The van der Waals surface area contributed by atoms with Gasteiger partial charge in [-0.25, -0.2) is 4.68 Å². The lowest BCUT2D eigenvalue weighted by atomic mass is 9.62. The van der Waals surface area contributed by atoms with Crippen LogP contribution in [-0.2, 0) is 9.59 Å². The number of β-amino-alcohol motifs (C(OH)–C–C–N with tert-alkyl or cyclic N) is 1. The summed E-state index contributed by atoms with van der Waals surface area (Å²) in [6, 6.07) is -0.843. The van der Waals surface area contributed by atoms with Crippen LogP contribution >= 0.6 is 0 Å². The van der Waals surface area contributed by atoms with E-state index < -0.39 is 23.6 Å². The Hall–Kier alpha value is -2.00. The second-order valence-electron chi connectivity index (χ2n) is 12.2. The molecule has 1 aromatic rings. The molecular weight excluding hydrogens is 420 g/mol. The fourth-order valence-corrected chi connectivity index (χ4v) is 5.62. The summed E-state index contributed by atoms with van der Waals surface area (Å²) in [7, 11) is 4.12. The maximum atomic E-state index is 13.8. The Morgan fingerprint density at radius 1 is 1.24 bits per heavy atom. The molecular formula is C24H40N6O3. The molecule has 0 radical (unpaired) electrons. The van der Waals surface area contributed by atoms with Crippen LogP contribution in [0.1, 0.15) is 78.0 Å². The van der Waals surface area contributed by atoms with Crippen LogP contribution in [0.3, 0.4) is 0 Å². The van der Waals surface area contributed by atoms with Gasteiger partial charge in [-0.3, -0.25) is 9.59 Å². The largest absolute Gasteiger partial charge is 0.391 e. The Labute approximate surface area is 196 Å². The summed E-state index contributed by atoms with van der Waals surface area (Å²) in [4.78, 5) is 30.9. The first-order chi connectivity index (χ1) is 15.3. The number of aliphatic hydroxyl groups is 1. The van der Waals surface area contributed by atoms with Gasteiger partial charge in [0, 0.05) is 42.6 Å². The highest BCUT2D eigenvalue weighted by Gasteiger charge is 2.52. The molecule has 3 aliphatic rings. The molecule has 1 aliphatic heterocycles. The minimum atomic E-state index is -0.716. The Balaban J connectivity index is 1.51. The molecule has 5 atom stereocenters. The number of carbonyl (C=O) groups is 2. The standard InChI is InChI=1S/C24H40N6O3/c1-23(2,3)20(30-13-16(26-27-30)14-8-9-14)22(33)29-12-15(31)10-17(29)21(32)25-18-11-19(28(6)7)24(18,4)5/h13-15,17-20,31H,8-12H2,1-7H3,(H,25,32)/t15?,17?,18?,19?,20-/m0/s1. The van der Waals surface area contributed by atoms with Gasteiger partial charge < -0.3 is 20.2 Å². The zero-order valence-corrected chi connectivity index (χ0v) is 21.1. The molecule has 2 N–H and O–H groups in total. The first-order valence-corrected chi connectivity index (χ1v) is 12.2. The normalized spacial score (nSPS) is 30.3. The van der Waals surface area contributed by atoms with E-state index in [1.807, 2.05) is 27.0 Å².